The van der Waals surface area contributed by atoms with Crippen LogP contribution in [0.1, 0.15) is 20.3 Å². The van der Waals surface area contributed by atoms with Gasteiger partial charge in [-0.15, -0.1) is 0 Å². The molecule has 0 radical (unpaired) electrons. The molecule has 0 bridgehead atoms. The molecule has 0 aromatic heterocycles. The average Bonchev–Trinajstić information content (AvgIpc) is 2.14. The molecule has 4 heteroatoms. The molecule has 0 heterocycles. The number of carbonyl (C=O) groups excluding carboxylic acids is 1. The molecule has 0 fully saturated rings. The van der Waals surface area contributed by atoms with Crippen LogP contribution in [0.5, 0.6) is 0 Å². The summed E-state index contributed by atoms with van der Waals surface area (Å²) in [6.07, 6.45) is 0.463. The zero-order valence-corrected chi connectivity index (χ0v) is 8.50. The summed E-state index contributed by atoms with van der Waals surface area (Å²) in [6.45, 7) is 5.10. The second-order valence-corrected chi connectivity index (χ2v) is 2.95. The van der Waals surface area contributed by atoms with E-state index in [4.69, 9.17) is 5.26 Å². The fourth-order valence-electron chi connectivity index (χ4n) is 1.10. The van der Waals surface area contributed by atoms with Gasteiger partial charge < -0.3 is 5.32 Å². The van der Waals surface area contributed by atoms with E-state index in [2.05, 4.69) is 11.4 Å². The predicted molar refractivity (Wildman–Crippen MR) is 51.0 cm³/mol. The van der Waals surface area contributed by atoms with E-state index in [1.807, 2.05) is 18.7 Å². The lowest BCUT2D eigenvalue weighted by Gasteiger charge is -2.24. The van der Waals surface area contributed by atoms with Crippen LogP contribution in [0.3, 0.4) is 0 Å². The fraction of sp³-hybridized carbons (Fsp3) is 0.778. The van der Waals surface area contributed by atoms with Crippen LogP contribution in [0.25, 0.3) is 0 Å². The first-order valence-corrected chi connectivity index (χ1v) is 4.47. The SMILES string of the molecule is CCN(CC(=O)NC)C(C)CC#N. The van der Waals surface area contributed by atoms with E-state index in [0.717, 1.165) is 6.54 Å². The zero-order valence-electron chi connectivity index (χ0n) is 8.50. The number of likely N-dealkylation sites (N-methyl/N-ethyl adjacent to an activating group) is 2. The highest BCUT2D eigenvalue weighted by Gasteiger charge is 2.13. The van der Waals surface area contributed by atoms with E-state index >= 15 is 0 Å². The molecule has 13 heavy (non-hydrogen) atoms. The Bertz CT molecular complexity index is 198. The van der Waals surface area contributed by atoms with Crippen molar-refractivity contribution in [1.82, 2.24) is 10.2 Å². The Hall–Kier alpha value is -1.08. The molecule has 0 saturated carbocycles. The van der Waals surface area contributed by atoms with Crippen molar-refractivity contribution in [2.75, 3.05) is 20.1 Å². The van der Waals surface area contributed by atoms with Gasteiger partial charge in [0.1, 0.15) is 0 Å². The summed E-state index contributed by atoms with van der Waals surface area (Å²) in [7, 11) is 1.62. The van der Waals surface area contributed by atoms with Gasteiger partial charge in [0.05, 0.1) is 19.0 Å². The molecule has 1 amide bonds. The number of carbonyl (C=O) groups is 1. The summed E-state index contributed by atoms with van der Waals surface area (Å²) in [5.41, 5.74) is 0. The maximum Gasteiger partial charge on any atom is 0.233 e. The van der Waals surface area contributed by atoms with Crippen molar-refractivity contribution >= 4 is 5.91 Å². The number of nitrogens with zero attached hydrogens (tertiary/aromatic N) is 2. The van der Waals surface area contributed by atoms with Crippen molar-refractivity contribution in [2.45, 2.75) is 26.3 Å². The predicted octanol–water partition coefficient (Wildman–Crippen LogP) is 0.356. The van der Waals surface area contributed by atoms with E-state index < -0.39 is 0 Å². The standard InChI is InChI=1S/C9H17N3O/c1-4-12(7-9(13)11-3)8(2)5-6-10/h8H,4-5,7H2,1-3H3,(H,11,13). The minimum atomic E-state index is -0.00774. The van der Waals surface area contributed by atoms with Gasteiger partial charge >= 0.3 is 0 Å². The van der Waals surface area contributed by atoms with Gasteiger partial charge in [-0.3, -0.25) is 9.69 Å². The Labute approximate surface area is 79.5 Å². The second kappa shape index (κ2) is 6.44. The number of nitriles is 1. The van der Waals surface area contributed by atoms with Crippen LogP contribution in [0.4, 0.5) is 0 Å². The Balaban J connectivity index is 4.02. The number of hydrogen-bond donors (Lipinski definition) is 1. The first kappa shape index (κ1) is 11.9. The maximum absolute atomic E-state index is 11.1. The smallest absolute Gasteiger partial charge is 0.233 e. The molecular formula is C9H17N3O. The van der Waals surface area contributed by atoms with Gasteiger partial charge in [-0.05, 0) is 13.5 Å². The molecule has 1 N–H and O–H groups in total. The third-order valence-electron chi connectivity index (χ3n) is 2.04. The minimum absolute atomic E-state index is 0.00774. The highest BCUT2D eigenvalue weighted by atomic mass is 16.1. The van der Waals surface area contributed by atoms with Gasteiger partial charge in [0.25, 0.3) is 0 Å². The van der Waals surface area contributed by atoms with Crippen LogP contribution in [0.15, 0.2) is 0 Å². The molecule has 0 saturated heterocycles. The van der Waals surface area contributed by atoms with Gasteiger partial charge in [-0.25, -0.2) is 0 Å². The summed E-state index contributed by atoms with van der Waals surface area (Å²) in [4.78, 5) is 13.0. The van der Waals surface area contributed by atoms with Crippen LogP contribution < -0.4 is 5.32 Å². The average molecular weight is 183 g/mol. The normalized spacial score (nSPS) is 12.2. The van der Waals surface area contributed by atoms with Crippen molar-refractivity contribution in [1.29, 1.82) is 5.26 Å². The van der Waals surface area contributed by atoms with E-state index in [1.54, 1.807) is 7.05 Å². The van der Waals surface area contributed by atoms with Crippen LogP contribution in [0.2, 0.25) is 0 Å². The molecule has 0 aromatic carbocycles. The van der Waals surface area contributed by atoms with Gasteiger partial charge in [0.15, 0.2) is 0 Å². The second-order valence-electron chi connectivity index (χ2n) is 2.95. The molecule has 0 aromatic rings. The van der Waals surface area contributed by atoms with Crippen LogP contribution in [0, 0.1) is 11.3 Å². The van der Waals surface area contributed by atoms with Gasteiger partial charge in [0, 0.05) is 13.1 Å². The Morgan fingerprint density at radius 2 is 2.31 bits per heavy atom. The van der Waals surface area contributed by atoms with Crippen LogP contribution >= 0.6 is 0 Å². The summed E-state index contributed by atoms with van der Waals surface area (Å²) < 4.78 is 0. The van der Waals surface area contributed by atoms with Crippen molar-refractivity contribution in [3.63, 3.8) is 0 Å². The molecule has 74 valence electrons. The van der Waals surface area contributed by atoms with Crippen molar-refractivity contribution in [3.05, 3.63) is 0 Å². The van der Waals surface area contributed by atoms with E-state index in [9.17, 15) is 4.79 Å². The molecule has 4 nitrogen and oxygen atoms in total. The minimum Gasteiger partial charge on any atom is -0.358 e. The maximum atomic E-state index is 11.1. The summed E-state index contributed by atoms with van der Waals surface area (Å²) in [5.74, 6) is -0.00774. The monoisotopic (exact) mass is 183 g/mol. The quantitative estimate of drug-likeness (QED) is 0.669. The lowest BCUT2D eigenvalue weighted by Crippen LogP contribution is -2.40. The van der Waals surface area contributed by atoms with Crippen LogP contribution in [-0.2, 0) is 4.79 Å². The molecule has 0 aliphatic carbocycles. The lowest BCUT2D eigenvalue weighted by atomic mass is 10.2. The van der Waals surface area contributed by atoms with Gasteiger partial charge in [-0.1, -0.05) is 6.92 Å². The first-order chi connectivity index (χ1) is 6.15. The highest BCUT2D eigenvalue weighted by molar-refractivity contribution is 5.77. The summed E-state index contributed by atoms with van der Waals surface area (Å²) in [6, 6.07) is 2.25. The molecule has 0 aliphatic rings. The summed E-state index contributed by atoms with van der Waals surface area (Å²) >= 11 is 0. The Kier molecular flexibility index (Phi) is 5.90. The molecule has 0 aliphatic heterocycles. The summed E-state index contributed by atoms with van der Waals surface area (Å²) in [5, 5.41) is 11.1. The molecule has 0 spiro atoms. The number of hydrogen-bond acceptors (Lipinski definition) is 3. The Morgan fingerprint density at radius 3 is 2.69 bits per heavy atom. The molecule has 1 unspecified atom stereocenters. The Morgan fingerprint density at radius 1 is 1.69 bits per heavy atom. The van der Waals surface area contributed by atoms with Gasteiger partial charge in [0.2, 0.25) is 5.91 Å². The number of rotatable bonds is 5. The fourth-order valence-corrected chi connectivity index (χ4v) is 1.10. The van der Waals surface area contributed by atoms with E-state index in [-0.39, 0.29) is 11.9 Å². The largest absolute Gasteiger partial charge is 0.358 e. The number of amides is 1. The molecule has 1 atom stereocenters. The zero-order chi connectivity index (χ0) is 10.3. The number of nitrogens with one attached hydrogen (secondary N) is 1. The van der Waals surface area contributed by atoms with Crippen molar-refractivity contribution < 1.29 is 4.79 Å². The van der Waals surface area contributed by atoms with Gasteiger partial charge in [-0.2, -0.15) is 5.26 Å². The molecule has 0 rings (SSSR count). The molecular weight excluding hydrogens is 166 g/mol. The third-order valence-corrected chi connectivity index (χ3v) is 2.04. The third kappa shape index (κ3) is 4.48. The van der Waals surface area contributed by atoms with E-state index in [0.29, 0.717) is 13.0 Å². The first-order valence-electron chi connectivity index (χ1n) is 4.47. The van der Waals surface area contributed by atoms with Crippen molar-refractivity contribution in [3.8, 4) is 6.07 Å². The topological polar surface area (TPSA) is 56.1 Å². The van der Waals surface area contributed by atoms with Crippen molar-refractivity contribution in [2.24, 2.45) is 0 Å². The lowest BCUT2D eigenvalue weighted by molar-refractivity contribution is -0.122. The van der Waals surface area contributed by atoms with E-state index in [1.165, 1.54) is 0 Å². The highest BCUT2D eigenvalue weighted by Crippen LogP contribution is 2.01. The van der Waals surface area contributed by atoms with Crippen LogP contribution in [-0.4, -0.2) is 37.0 Å².